The monoisotopic (exact) mass is 609 g/mol. The molecule has 1 unspecified atom stereocenters. The van der Waals surface area contributed by atoms with Gasteiger partial charge in [0.25, 0.3) is 0 Å². The van der Waals surface area contributed by atoms with Gasteiger partial charge in [-0.05, 0) is 24.8 Å². The minimum atomic E-state index is -1.05. The molecular weight excluding hydrogens is 566 g/mol. The largest absolute Gasteiger partial charge is 0.480 e. The molecule has 1 aromatic rings. The summed E-state index contributed by atoms with van der Waals surface area (Å²) >= 11 is 0. The highest BCUT2D eigenvalue weighted by molar-refractivity contribution is 5.73. The SMILES string of the molecule is O=C(O)CN1CCN(CC(=O)O)CCN(C(CCCCNC(=O)OCc2ccccc2)C(=O)O)CCN(CC(=O)O)CC1. The molecule has 0 saturated carbocycles. The van der Waals surface area contributed by atoms with Gasteiger partial charge in [-0.3, -0.25) is 38.8 Å². The third-order valence-corrected chi connectivity index (χ3v) is 7.06. The van der Waals surface area contributed by atoms with E-state index in [9.17, 15) is 44.4 Å². The van der Waals surface area contributed by atoms with E-state index < -0.39 is 36.0 Å². The fourth-order valence-electron chi connectivity index (χ4n) is 4.80. The number of nitrogens with zero attached hydrogens (tertiary/aromatic N) is 4. The molecule has 240 valence electrons. The smallest absolute Gasteiger partial charge is 0.407 e. The number of benzene rings is 1. The van der Waals surface area contributed by atoms with E-state index in [-0.39, 0.29) is 85.0 Å². The highest BCUT2D eigenvalue weighted by atomic mass is 16.5. The topological polar surface area (TPSA) is 200 Å². The van der Waals surface area contributed by atoms with Crippen molar-refractivity contribution in [1.82, 2.24) is 24.9 Å². The van der Waals surface area contributed by atoms with Crippen molar-refractivity contribution in [3.8, 4) is 0 Å². The van der Waals surface area contributed by atoms with Crippen LogP contribution in [0.25, 0.3) is 0 Å². The van der Waals surface area contributed by atoms with Gasteiger partial charge in [-0.15, -0.1) is 0 Å². The van der Waals surface area contributed by atoms with E-state index in [0.29, 0.717) is 19.4 Å². The summed E-state index contributed by atoms with van der Waals surface area (Å²) in [5, 5.41) is 40.8. The maximum Gasteiger partial charge on any atom is 0.407 e. The summed E-state index contributed by atoms with van der Waals surface area (Å²) in [6.07, 6.45) is 0.683. The van der Waals surface area contributed by atoms with Crippen LogP contribution in [0.3, 0.4) is 0 Å². The summed E-state index contributed by atoms with van der Waals surface area (Å²) in [7, 11) is 0. The summed E-state index contributed by atoms with van der Waals surface area (Å²) < 4.78 is 5.18. The van der Waals surface area contributed by atoms with Crippen LogP contribution in [0, 0.1) is 0 Å². The first kappa shape index (κ1) is 35.4. The van der Waals surface area contributed by atoms with Gasteiger partial charge in [0.1, 0.15) is 12.6 Å². The summed E-state index contributed by atoms with van der Waals surface area (Å²) in [6, 6.07) is 8.32. The second-order valence-corrected chi connectivity index (χ2v) is 10.4. The summed E-state index contributed by atoms with van der Waals surface area (Å²) in [5.41, 5.74) is 0.856. The number of aliphatic carboxylic acids is 4. The molecule has 1 heterocycles. The lowest BCUT2D eigenvalue weighted by Gasteiger charge is -2.35. The second kappa shape index (κ2) is 19.4. The van der Waals surface area contributed by atoms with Crippen LogP contribution in [-0.2, 0) is 30.5 Å². The Balaban J connectivity index is 2.00. The van der Waals surface area contributed by atoms with Gasteiger partial charge in [0.2, 0.25) is 0 Å². The molecule has 1 amide bonds. The third-order valence-electron chi connectivity index (χ3n) is 7.06. The minimum Gasteiger partial charge on any atom is -0.480 e. The van der Waals surface area contributed by atoms with Crippen molar-refractivity contribution >= 4 is 30.0 Å². The van der Waals surface area contributed by atoms with Crippen molar-refractivity contribution in [2.45, 2.75) is 31.9 Å². The zero-order chi connectivity index (χ0) is 31.6. The first-order valence-corrected chi connectivity index (χ1v) is 14.3. The van der Waals surface area contributed by atoms with Gasteiger partial charge in [-0.2, -0.15) is 0 Å². The Hall–Kier alpha value is -3.79. The molecule has 1 fully saturated rings. The molecule has 0 spiro atoms. The van der Waals surface area contributed by atoms with Crippen molar-refractivity contribution in [3.63, 3.8) is 0 Å². The predicted octanol–water partition coefficient (Wildman–Crippen LogP) is 0.0117. The van der Waals surface area contributed by atoms with Gasteiger partial charge in [0.15, 0.2) is 0 Å². The van der Waals surface area contributed by atoms with E-state index in [4.69, 9.17) is 4.74 Å². The standard InChI is InChI=1S/C28H43N5O10/c34-24(35)18-30-10-12-31(19-25(36)37)14-16-33(17-15-32(13-11-30)20-26(38)39)23(27(40)41)8-4-5-9-29-28(42)43-21-22-6-2-1-3-7-22/h1-3,6-7,23H,4-5,8-21H2,(H,29,42)(H,34,35)(H,36,37)(H,38,39)(H,40,41). The zero-order valence-electron chi connectivity index (χ0n) is 24.3. The highest BCUT2D eigenvalue weighted by Gasteiger charge is 2.27. The van der Waals surface area contributed by atoms with E-state index in [2.05, 4.69) is 5.32 Å². The lowest BCUT2D eigenvalue weighted by Crippen LogP contribution is -2.51. The molecular formula is C28H43N5O10. The van der Waals surface area contributed by atoms with E-state index in [1.807, 2.05) is 30.3 Å². The summed E-state index contributed by atoms with van der Waals surface area (Å²) in [4.78, 5) is 65.2. The third kappa shape index (κ3) is 15.3. The number of rotatable bonds is 15. The highest BCUT2D eigenvalue weighted by Crippen LogP contribution is 2.12. The number of carboxylic acid groups (broad SMARTS) is 4. The Morgan fingerprint density at radius 2 is 1.16 bits per heavy atom. The van der Waals surface area contributed by atoms with Crippen molar-refractivity contribution in [3.05, 3.63) is 35.9 Å². The van der Waals surface area contributed by atoms with Crippen LogP contribution in [0.2, 0.25) is 0 Å². The average Bonchev–Trinajstić information content (AvgIpc) is 2.94. The molecule has 43 heavy (non-hydrogen) atoms. The van der Waals surface area contributed by atoms with Gasteiger partial charge in [-0.25, -0.2) is 4.79 Å². The fraction of sp³-hybridized carbons (Fsp3) is 0.607. The van der Waals surface area contributed by atoms with Crippen LogP contribution in [0.4, 0.5) is 4.79 Å². The van der Waals surface area contributed by atoms with Gasteiger partial charge >= 0.3 is 30.0 Å². The molecule has 0 bridgehead atoms. The molecule has 1 aliphatic heterocycles. The Morgan fingerprint density at radius 3 is 1.60 bits per heavy atom. The number of carboxylic acids is 4. The van der Waals surface area contributed by atoms with Crippen LogP contribution in [-0.4, -0.2) is 155 Å². The zero-order valence-corrected chi connectivity index (χ0v) is 24.3. The van der Waals surface area contributed by atoms with Crippen molar-refractivity contribution in [1.29, 1.82) is 0 Å². The van der Waals surface area contributed by atoms with E-state index in [1.165, 1.54) is 0 Å². The molecule has 1 aromatic carbocycles. The summed E-state index contributed by atoms with van der Waals surface area (Å²) in [6.45, 7) is 1.48. The van der Waals surface area contributed by atoms with Gasteiger partial charge in [-0.1, -0.05) is 30.3 Å². The summed E-state index contributed by atoms with van der Waals surface area (Å²) in [5.74, 6) is -4.21. The van der Waals surface area contributed by atoms with Crippen molar-refractivity contribution < 1.29 is 49.1 Å². The van der Waals surface area contributed by atoms with E-state index in [1.54, 1.807) is 19.6 Å². The quantitative estimate of drug-likeness (QED) is 0.167. The maximum atomic E-state index is 12.3. The molecule has 5 N–H and O–H groups in total. The van der Waals surface area contributed by atoms with Crippen LogP contribution in [0.5, 0.6) is 0 Å². The van der Waals surface area contributed by atoms with Gasteiger partial charge in [0, 0.05) is 58.9 Å². The molecule has 0 radical (unpaired) electrons. The first-order valence-electron chi connectivity index (χ1n) is 14.3. The van der Waals surface area contributed by atoms with Gasteiger partial charge < -0.3 is 30.5 Å². The Bertz CT molecular complexity index is 1010. The van der Waals surface area contributed by atoms with Crippen molar-refractivity contribution in [2.24, 2.45) is 0 Å². The number of hydrogen-bond donors (Lipinski definition) is 5. The van der Waals surface area contributed by atoms with Crippen LogP contribution >= 0.6 is 0 Å². The maximum absolute atomic E-state index is 12.3. The Kier molecular flexibility index (Phi) is 16.0. The Morgan fingerprint density at radius 1 is 0.698 bits per heavy atom. The number of alkyl carbamates (subject to hydrolysis) is 1. The van der Waals surface area contributed by atoms with Crippen LogP contribution < -0.4 is 5.32 Å². The normalized spacial score (nSPS) is 17.2. The molecule has 2 rings (SSSR count). The fourth-order valence-corrected chi connectivity index (χ4v) is 4.80. The van der Waals surface area contributed by atoms with E-state index >= 15 is 0 Å². The van der Waals surface area contributed by atoms with Crippen LogP contribution in [0.15, 0.2) is 30.3 Å². The molecule has 1 aliphatic rings. The van der Waals surface area contributed by atoms with Crippen LogP contribution in [0.1, 0.15) is 24.8 Å². The van der Waals surface area contributed by atoms with Crippen molar-refractivity contribution in [2.75, 3.05) is 78.5 Å². The molecule has 0 aliphatic carbocycles. The van der Waals surface area contributed by atoms with Gasteiger partial charge in [0.05, 0.1) is 19.6 Å². The number of carbonyl (C=O) groups is 5. The predicted molar refractivity (Wildman–Crippen MR) is 154 cm³/mol. The number of ether oxygens (including phenoxy) is 1. The molecule has 0 aromatic heterocycles. The van der Waals surface area contributed by atoms with E-state index in [0.717, 1.165) is 5.56 Å². The Labute approximate surface area is 250 Å². The lowest BCUT2D eigenvalue weighted by molar-refractivity contribution is -0.145. The lowest BCUT2D eigenvalue weighted by atomic mass is 10.1. The minimum absolute atomic E-state index is 0.137. The number of amides is 1. The second-order valence-electron chi connectivity index (χ2n) is 10.4. The number of unbranched alkanes of at least 4 members (excludes halogenated alkanes) is 1. The average molecular weight is 610 g/mol. The number of carbonyl (C=O) groups excluding carboxylic acids is 1. The molecule has 1 saturated heterocycles. The number of hydrogen-bond acceptors (Lipinski definition) is 10. The molecule has 15 nitrogen and oxygen atoms in total. The molecule has 15 heteroatoms. The first-order chi connectivity index (χ1) is 20.5. The number of nitrogens with one attached hydrogen (secondary N) is 1. The molecule has 1 atom stereocenters.